The highest BCUT2D eigenvalue weighted by molar-refractivity contribution is 5.28. The van der Waals surface area contributed by atoms with E-state index in [1.54, 1.807) is 0 Å². The van der Waals surface area contributed by atoms with Crippen molar-refractivity contribution >= 4 is 0 Å². The monoisotopic (exact) mass is 251 g/mol. The Bertz CT molecular complexity index is 348. The van der Waals surface area contributed by atoms with Crippen LogP contribution in [0, 0.1) is 0 Å². The van der Waals surface area contributed by atoms with Gasteiger partial charge in [-0.2, -0.15) is 0 Å². The number of aliphatic hydroxyl groups is 1. The van der Waals surface area contributed by atoms with Crippen LogP contribution in [-0.2, 0) is 6.54 Å². The molecular formula is C15H25NO2. The van der Waals surface area contributed by atoms with Gasteiger partial charge in [0.2, 0.25) is 0 Å². The van der Waals surface area contributed by atoms with E-state index in [2.05, 4.69) is 11.4 Å². The fraction of sp³-hybridized carbons (Fsp3) is 0.600. The molecule has 3 nitrogen and oxygen atoms in total. The van der Waals surface area contributed by atoms with Gasteiger partial charge in [0.1, 0.15) is 5.75 Å². The standard InChI is InChI=1S/C15H25NO2/c1-4-15(17,5-2)12-16-11-13-8-7-9-14(10-13)18-6-3/h7-10,16-17H,4-6,11-12H2,1-3H3. The molecule has 0 amide bonds. The second kappa shape index (κ2) is 7.39. The van der Waals surface area contributed by atoms with Crippen LogP contribution >= 0.6 is 0 Å². The highest BCUT2D eigenvalue weighted by Crippen LogP contribution is 2.15. The van der Waals surface area contributed by atoms with Crippen LogP contribution in [0.2, 0.25) is 0 Å². The van der Waals surface area contributed by atoms with Gasteiger partial charge in [0.15, 0.2) is 0 Å². The second-order valence-corrected chi connectivity index (χ2v) is 4.62. The second-order valence-electron chi connectivity index (χ2n) is 4.62. The first kappa shape index (κ1) is 15.0. The van der Waals surface area contributed by atoms with Crippen molar-refractivity contribution in [3.8, 4) is 5.75 Å². The van der Waals surface area contributed by atoms with Crippen LogP contribution in [0.1, 0.15) is 39.2 Å². The van der Waals surface area contributed by atoms with E-state index >= 15 is 0 Å². The smallest absolute Gasteiger partial charge is 0.119 e. The van der Waals surface area contributed by atoms with Gasteiger partial charge in [-0.25, -0.2) is 0 Å². The predicted molar refractivity (Wildman–Crippen MR) is 74.8 cm³/mol. The van der Waals surface area contributed by atoms with Gasteiger partial charge in [-0.1, -0.05) is 26.0 Å². The van der Waals surface area contributed by atoms with Gasteiger partial charge in [0.25, 0.3) is 0 Å². The topological polar surface area (TPSA) is 41.5 Å². The normalized spacial score (nSPS) is 11.6. The van der Waals surface area contributed by atoms with Gasteiger partial charge in [0, 0.05) is 13.1 Å². The van der Waals surface area contributed by atoms with E-state index in [9.17, 15) is 5.11 Å². The summed E-state index contributed by atoms with van der Waals surface area (Å²) in [6, 6.07) is 8.05. The fourth-order valence-electron chi connectivity index (χ4n) is 1.85. The average Bonchev–Trinajstić information content (AvgIpc) is 2.39. The van der Waals surface area contributed by atoms with Crippen molar-refractivity contribution < 1.29 is 9.84 Å². The SMILES string of the molecule is CCOc1cccc(CNCC(O)(CC)CC)c1. The van der Waals surface area contributed by atoms with E-state index in [-0.39, 0.29) is 0 Å². The molecule has 102 valence electrons. The molecule has 0 aromatic heterocycles. The molecule has 1 rings (SSSR count). The number of hydrogen-bond acceptors (Lipinski definition) is 3. The van der Waals surface area contributed by atoms with E-state index in [0.29, 0.717) is 13.2 Å². The minimum Gasteiger partial charge on any atom is -0.494 e. The zero-order valence-electron chi connectivity index (χ0n) is 11.7. The molecule has 0 unspecified atom stereocenters. The summed E-state index contributed by atoms with van der Waals surface area (Å²) in [7, 11) is 0. The highest BCUT2D eigenvalue weighted by Gasteiger charge is 2.20. The summed E-state index contributed by atoms with van der Waals surface area (Å²) in [5.74, 6) is 0.901. The maximum absolute atomic E-state index is 10.2. The third-order valence-corrected chi connectivity index (χ3v) is 3.31. The Morgan fingerprint density at radius 3 is 2.56 bits per heavy atom. The Kier molecular flexibility index (Phi) is 6.16. The number of rotatable bonds is 8. The molecular weight excluding hydrogens is 226 g/mol. The number of ether oxygens (including phenoxy) is 1. The summed E-state index contributed by atoms with van der Waals surface area (Å²) in [4.78, 5) is 0. The van der Waals surface area contributed by atoms with E-state index in [1.807, 2.05) is 39.0 Å². The number of benzene rings is 1. The van der Waals surface area contributed by atoms with E-state index in [1.165, 1.54) is 5.56 Å². The first-order valence-electron chi connectivity index (χ1n) is 6.78. The minimum absolute atomic E-state index is 0.586. The van der Waals surface area contributed by atoms with Crippen LogP contribution in [0.4, 0.5) is 0 Å². The average molecular weight is 251 g/mol. The van der Waals surface area contributed by atoms with Gasteiger partial charge in [-0.05, 0) is 37.5 Å². The van der Waals surface area contributed by atoms with Crippen molar-refractivity contribution in [2.24, 2.45) is 0 Å². The lowest BCUT2D eigenvalue weighted by Crippen LogP contribution is -2.39. The summed E-state index contributed by atoms with van der Waals surface area (Å²) in [5, 5.41) is 13.5. The largest absolute Gasteiger partial charge is 0.494 e. The predicted octanol–water partition coefficient (Wildman–Crippen LogP) is 2.73. The van der Waals surface area contributed by atoms with Crippen molar-refractivity contribution in [3.05, 3.63) is 29.8 Å². The van der Waals surface area contributed by atoms with Crippen molar-refractivity contribution in [1.29, 1.82) is 0 Å². The van der Waals surface area contributed by atoms with Crippen LogP contribution in [0.15, 0.2) is 24.3 Å². The Hall–Kier alpha value is -1.06. The van der Waals surface area contributed by atoms with E-state index in [4.69, 9.17) is 4.74 Å². The van der Waals surface area contributed by atoms with Gasteiger partial charge in [-0.3, -0.25) is 0 Å². The van der Waals surface area contributed by atoms with Crippen LogP contribution in [0.3, 0.4) is 0 Å². The Balaban J connectivity index is 2.46. The molecule has 1 aromatic carbocycles. The molecule has 0 saturated heterocycles. The fourth-order valence-corrected chi connectivity index (χ4v) is 1.85. The summed E-state index contributed by atoms with van der Waals surface area (Å²) in [5.41, 5.74) is 0.591. The molecule has 0 saturated carbocycles. The Morgan fingerprint density at radius 1 is 1.22 bits per heavy atom. The van der Waals surface area contributed by atoms with Gasteiger partial charge >= 0.3 is 0 Å². The lowest BCUT2D eigenvalue weighted by Gasteiger charge is -2.25. The molecule has 3 heteroatoms. The third kappa shape index (κ3) is 4.67. The zero-order valence-corrected chi connectivity index (χ0v) is 11.7. The molecule has 2 N–H and O–H groups in total. The molecule has 0 aliphatic carbocycles. The van der Waals surface area contributed by atoms with Crippen molar-refractivity contribution in [1.82, 2.24) is 5.32 Å². The lowest BCUT2D eigenvalue weighted by molar-refractivity contribution is 0.0323. The van der Waals surface area contributed by atoms with Gasteiger partial charge in [0.05, 0.1) is 12.2 Å². The molecule has 0 aliphatic rings. The van der Waals surface area contributed by atoms with Crippen molar-refractivity contribution in [2.45, 2.75) is 45.8 Å². The summed E-state index contributed by atoms with van der Waals surface area (Å²) in [6.07, 6.45) is 1.55. The molecule has 1 aromatic rings. The highest BCUT2D eigenvalue weighted by atomic mass is 16.5. The lowest BCUT2D eigenvalue weighted by atomic mass is 9.97. The third-order valence-electron chi connectivity index (χ3n) is 3.31. The molecule has 0 fully saturated rings. The zero-order chi connectivity index (χ0) is 13.4. The summed E-state index contributed by atoms with van der Waals surface area (Å²) < 4.78 is 5.46. The Labute approximate surface area is 110 Å². The summed E-state index contributed by atoms with van der Waals surface area (Å²) >= 11 is 0. The van der Waals surface area contributed by atoms with E-state index in [0.717, 1.165) is 25.1 Å². The first-order chi connectivity index (χ1) is 8.63. The maximum Gasteiger partial charge on any atom is 0.119 e. The quantitative estimate of drug-likeness (QED) is 0.746. The molecule has 0 aliphatic heterocycles. The van der Waals surface area contributed by atoms with Crippen molar-refractivity contribution in [3.63, 3.8) is 0 Å². The van der Waals surface area contributed by atoms with Crippen molar-refractivity contribution in [2.75, 3.05) is 13.2 Å². The molecule has 0 heterocycles. The van der Waals surface area contributed by atoms with E-state index < -0.39 is 5.60 Å². The molecule has 0 radical (unpaired) electrons. The van der Waals surface area contributed by atoms with Crippen LogP contribution in [0.5, 0.6) is 5.75 Å². The molecule has 0 spiro atoms. The number of hydrogen-bond donors (Lipinski definition) is 2. The first-order valence-corrected chi connectivity index (χ1v) is 6.78. The molecule has 18 heavy (non-hydrogen) atoms. The van der Waals surface area contributed by atoms with Crippen LogP contribution in [0.25, 0.3) is 0 Å². The maximum atomic E-state index is 10.2. The van der Waals surface area contributed by atoms with Crippen LogP contribution < -0.4 is 10.1 Å². The Morgan fingerprint density at radius 2 is 1.94 bits per heavy atom. The molecule has 0 bridgehead atoms. The number of nitrogens with one attached hydrogen (secondary N) is 1. The van der Waals surface area contributed by atoms with Gasteiger partial charge in [-0.15, -0.1) is 0 Å². The minimum atomic E-state index is -0.586. The summed E-state index contributed by atoms with van der Waals surface area (Å²) in [6.45, 7) is 8.07. The molecule has 0 atom stereocenters. The van der Waals surface area contributed by atoms with Crippen LogP contribution in [-0.4, -0.2) is 23.9 Å². The van der Waals surface area contributed by atoms with Gasteiger partial charge < -0.3 is 15.2 Å².